The highest BCUT2D eigenvalue weighted by molar-refractivity contribution is 7.99. The predicted octanol–water partition coefficient (Wildman–Crippen LogP) is 2.22. The second-order valence-electron chi connectivity index (χ2n) is 4.46. The molecule has 0 aliphatic carbocycles. The molecule has 0 atom stereocenters. The van der Waals surface area contributed by atoms with Gasteiger partial charge in [0, 0.05) is 11.5 Å². The molecule has 0 saturated carbocycles. The largest absolute Gasteiger partial charge is 0.493 e. The van der Waals surface area contributed by atoms with Crippen molar-refractivity contribution in [1.82, 2.24) is 19.6 Å². The van der Waals surface area contributed by atoms with Crippen LogP contribution in [0.4, 0.5) is 0 Å². The summed E-state index contributed by atoms with van der Waals surface area (Å²) in [7, 11) is 3.16. The van der Waals surface area contributed by atoms with Gasteiger partial charge in [-0.25, -0.2) is 9.97 Å². The third-order valence-electron chi connectivity index (χ3n) is 3.12. The van der Waals surface area contributed by atoms with E-state index >= 15 is 0 Å². The SMILES string of the molecule is COc1cc2nc(SCC#N)n3nc(C)nc3c2cc1OC. The fraction of sp³-hybridized carbons (Fsp3) is 0.286. The summed E-state index contributed by atoms with van der Waals surface area (Å²) in [5, 5.41) is 14.6. The summed E-state index contributed by atoms with van der Waals surface area (Å²) in [6.07, 6.45) is 0. The molecule has 0 N–H and O–H groups in total. The summed E-state index contributed by atoms with van der Waals surface area (Å²) in [6, 6.07) is 5.73. The molecule has 2 heterocycles. The van der Waals surface area contributed by atoms with Crippen molar-refractivity contribution in [1.29, 1.82) is 5.26 Å². The molecule has 3 rings (SSSR count). The molecular weight excluding hydrogens is 302 g/mol. The van der Waals surface area contributed by atoms with Gasteiger partial charge in [-0.05, 0) is 13.0 Å². The van der Waals surface area contributed by atoms with E-state index in [4.69, 9.17) is 14.7 Å². The van der Waals surface area contributed by atoms with Crippen molar-refractivity contribution in [3.05, 3.63) is 18.0 Å². The van der Waals surface area contributed by atoms with Crippen molar-refractivity contribution in [3.8, 4) is 17.6 Å². The number of aromatic nitrogens is 4. The van der Waals surface area contributed by atoms with Gasteiger partial charge in [0.15, 0.2) is 22.3 Å². The zero-order valence-electron chi connectivity index (χ0n) is 12.3. The normalized spacial score (nSPS) is 10.8. The standard InChI is InChI=1S/C14H13N5O2S/c1-8-16-13-9-6-11(20-2)12(21-3)7-10(9)17-14(19(13)18-8)22-5-4-15/h6-7H,5H2,1-3H3. The van der Waals surface area contributed by atoms with Gasteiger partial charge in [0.1, 0.15) is 5.82 Å². The molecule has 0 bridgehead atoms. The number of nitriles is 1. The van der Waals surface area contributed by atoms with Gasteiger partial charge in [-0.2, -0.15) is 9.78 Å². The van der Waals surface area contributed by atoms with Crippen LogP contribution in [0, 0.1) is 18.3 Å². The van der Waals surface area contributed by atoms with E-state index in [2.05, 4.69) is 21.1 Å². The monoisotopic (exact) mass is 315 g/mol. The first-order chi connectivity index (χ1) is 10.7. The molecule has 2 aromatic heterocycles. The number of aryl methyl sites for hydroxylation is 1. The van der Waals surface area contributed by atoms with Crippen molar-refractivity contribution in [2.45, 2.75) is 12.1 Å². The summed E-state index contributed by atoms with van der Waals surface area (Å²) in [5.41, 5.74) is 1.40. The number of thioether (sulfide) groups is 1. The molecule has 3 aromatic rings. The molecule has 1 aromatic carbocycles. The Morgan fingerprint density at radius 2 is 1.95 bits per heavy atom. The fourth-order valence-corrected chi connectivity index (χ4v) is 2.81. The molecule has 0 saturated heterocycles. The molecule has 22 heavy (non-hydrogen) atoms. The van der Waals surface area contributed by atoms with Gasteiger partial charge in [-0.15, -0.1) is 5.10 Å². The van der Waals surface area contributed by atoms with E-state index in [1.54, 1.807) is 24.8 Å². The lowest BCUT2D eigenvalue weighted by atomic mass is 10.2. The molecule has 0 radical (unpaired) electrons. The average Bonchev–Trinajstić information content (AvgIpc) is 2.93. The van der Waals surface area contributed by atoms with E-state index in [9.17, 15) is 0 Å². The minimum absolute atomic E-state index is 0.291. The van der Waals surface area contributed by atoms with Gasteiger partial charge in [0.2, 0.25) is 0 Å². The van der Waals surface area contributed by atoms with Gasteiger partial charge >= 0.3 is 0 Å². The zero-order valence-corrected chi connectivity index (χ0v) is 13.1. The lowest BCUT2D eigenvalue weighted by Crippen LogP contribution is -2.00. The van der Waals surface area contributed by atoms with E-state index in [1.807, 2.05) is 13.0 Å². The highest BCUT2D eigenvalue weighted by atomic mass is 32.2. The van der Waals surface area contributed by atoms with Crippen LogP contribution in [0.15, 0.2) is 17.3 Å². The van der Waals surface area contributed by atoms with Gasteiger partial charge in [-0.3, -0.25) is 0 Å². The average molecular weight is 315 g/mol. The van der Waals surface area contributed by atoms with Crippen LogP contribution in [0.3, 0.4) is 0 Å². The molecular formula is C14H13N5O2S. The van der Waals surface area contributed by atoms with Crippen molar-refractivity contribution in [2.24, 2.45) is 0 Å². The maximum Gasteiger partial charge on any atom is 0.192 e. The Kier molecular flexibility index (Phi) is 3.73. The number of methoxy groups -OCH3 is 2. The van der Waals surface area contributed by atoms with Gasteiger partial charge in [0.05, 0.1) is 31.6 Å². The molecule has 0 aliphatic rings. The Balaban J connectivity index is 2.35. The maximum atomic E-state index is 8.79. The first-order valence-corrected chi connectivity index (χ1v) is 7.45. The first-order valence-electron chi connectivity index (χ1n) is 6.46. The second-order valence-corrected chi connectivity index (χ2v) is 5.40. The Bertz CT molecular complexity index is 900. The zero-order chi connectivity index (χ0) is 15.7. The van der Waals surface area contributed by atoms with Crippen LogP contribution in [0.25, 0.3) is 16.6 Å². The van der Waals surface area contributed by atoms with E-state index < -0.39 is 0 Å². The Morgan fingerprint density at radius 3 is 2.64 bits per heavy atom. The van der Waals surface area contributed by atoms with Crippen LogP contribution in [-0.4, -0.2) is 39.6 Å². The summed E-state index contributed by atoms with van der Waals surface area (Å²) < 4.78 is 12.3. The summed E-state index contributed by atoms with van der Waals surface area (Å²) in [5.74, 6) is 2.14. The van der Waals surface area contributed by atoms with E-state index in [0.717, 1.165) is 10.9 Å². The molecule has 8 heteroatoms. The fourth-order valence-electron chi connectivity index (χ4n) is 2.20. The maximum absolute atomic E-state index is 8.79. The van der Waals surface area contributed by atoms with Crippen molar-refractivity contribution in [3.63, 3.8) is 0 Å². The third kappa shape index (κ3) is 2.29. The van der Waals surface area contributed by atoms with Crippen LogP contribution in [0.1, 0.15) is 5.82 Å². The first kappa shape index (κ1) is 14.4. The summed E-state index contributed by atoms with van der Waals surface area (Å²) >= 11 is 1.32. The van der Waals surface area contributed by atoms with Crippen molar-refractivity contribution in [2.75, 3.05) is 20.0 Å². The molecule has 0 spiro atoms. The van der Waals surface area contributed by atoms with E-state index in [0.29, 0.717) is 33.9 Å². The van der Waals surface area contributed by atoms with Crippen LogP contribution >= 0.6 is 11.8 Å². The van der Waals surface area contributed by atoms with Gasteiger partial charge in [0.25, 0.3) is 0 Å². The van der Waals surface area contributed by atoms with Crippen LogP contribution < -0.4 is 9.47 Å². The molecule has 0 unspecified atom stereocenters. The number of benzene rings is 1. The number of hydrogen-bond acceptors (Lipinski definition) is 7. The predicted molar refractivity (Wildman–Crippen MR) is 82.5 cm³/mol. The molecule has 112 valence electrons. The number of ether oxygens (including phenoxy) is 2. The summed E-state index contributed by atoms with van der Waals surface area (Å²) in [4.78, 5) is 9.04. The Hall–Kier alpha value is -2.53. The molecule has 7 nitrogen and oxygen atoms in total. The molecule has 0 aliphatic heterocycles. The topological polar surface area (TPSA) is 85.3 Å². The van der Waals surface area contributed by atoms with Gasteiger partial charge in [-0.1, -0.05) is 11.8 Å². The second kappa shape index (κ2) is 5.69. The van der Waals surface area contributed by atoms with Crippen LogP contribution in [0.2, 0.25) is 0 Å². The number of rotatable bonds is 4. The summed E-state index contributed by atoms with van der Waals surface area (Å²) in [6.45, 7) is 1.82. The highest BCUT2D eigenvalue weighted by Crippen LogP contribution is 2.34. The third-order valence-corrected chi connectivity index (χ3v) is 3.91. The van der Waals surface area contributed by atoms with Crippen molar-refractivity contribution < 1.29 is 9.47 Å². The molecule has 0 amide bonds. The Morgan fingerprint density at radius 1 is 1.23 bits per heavy atom. The lowest BCUT2D eigenvalue weighted by Gasteiger charge is -2.10. The number of fused-ring (bicyclic) bond motifs is 3. The number of hydrogen-bond donors (Lipinski definition) is 0. The number of nitrogens with zero attached hydrogens (tertiary/aromatic N) is 5. The minimum atomic E-state index is 0.291. The lowest BCUT2D eigenvalue weighted by molar-refractivity contribution is 0.355. The Labute approximate surface area is 130 Å². The quantitative estimate of drug-likeness (QED) is 0.539. The van der Waals surface area contributed by atoms with E-state index in [1.165, 1.54) is 11.8 Å². The highest BCUT2D eigenvalue weighted by Gasteiger charge is 2.15. The van der Waals surface area contributed by atoms with E-state index in [-0.39, 0.29) is 0 Å². The van der Waals surface area contributed by atoms with Crippen LogP contribution in [0.5, 0.6) is 11.5 Å². The minimum Gasteiger partial charge on any atom is -0.493 e. The molecule has 0 fully saturated rings. The van der Waals surface area contributed by atoms with Crippen molar-refractivity contribution >= 4 is 28.3 Å². The van der Waals surface area contributed by atoms with Crippen LogP contribution in [-0.2, 0) is 0 Å². The smallest absolute Gasteiger partial charge is 0.192 e. The van der Waals surface area contributed by atoms with Gasteiger partial charge < -0.3 is 9.47 Å².